The van der Waals surface area contributed by atoms with E-state index >= 15 is 0 Å². The lowest BCUT2D eigenvalue weighted by molar-refractivity contribution is 1.10. The number of fused-ring (bicyclic) bond motifs is 6. The highest BCUT2D eigenvalue weighted by Gasteiger charge is 2.25. The lowest BCUT2D eigenvalue weighted by Crippen LogP contribution is -1.97. The van der Waals surface area contributed by atoms with Crippen LogP contribution >= 0.6 is 0 Å². The van der Waals surface area contributed by atoms with Crippen LogP contribution in [0.15, 0.2) is 510 Å². The molecule has 0 saturated heterocycles. The molecular formula is C135H84N6. The molecule has 0 spiro atoms. The quantitative estimate of drug-likeness (QED) is 0.115. The minimum absolute atomic E-state index is 0.934. The van der Waals surface area contributed by atoms with Gasteiger partial charge in [0.1, 0.15) is 17.5 Å². The maximum atomic E-state index is 5.32. The summed E-state index contributed by atoms with van der Waals surface area (Å²) in [5, 5.41) is 30.9. The Balaban J connectivity index is 0.000000104. The summed E-state index contributed by atoms with van der Waals surface area (Å²) in [7, 11) is 0. The molecule has 0 aliphatic heterocycles. The largest absolute Gasteiger partial charge is 0.292 e. The predicted molar refractivity (Wildman–Crippen MR) is 596 cm³/mol. The monoisotopic (exact) mass is 1790 g/mol. The smallest absolute Gasteiger partial charge is 0.145 e. The molecule has 0 saturated carbocycles. The van der Waals surface area contributed by atoms with Gasteiger partial charge in [-0.3, -0.25) is 13.7 Å². The number of hydrogen-bond donors (Lipinski definition) is 0. The van der Waals surface area contributed by atoms with E-state index < -0.39 is 0 Å². The first-order chi connectivity index (χ1) is 69.9. The van der Waals surface area contributed by atoms with Crippen LogP contribution in [0.3, 0.4) is 0 Å². The molecule has 6 heteroatoms. The van der Waals surface area contributed by atoms with Gasteiger partial charge in [0.2, 0.25) is 0 Å². The van der Waals surface area contributed by atoms with Crippen molar-refractivity contribution < 1.29 is 0 Å². The average molecular weight is 1790 g/mol. The molecule has 0 amide bonds. The number of para-hydroxylation sites is 1. The van der Waals surface area contributed by atoms with Crippen molar-refractivity contribution in [2.75, 3.05) is 0 Å². The minimum atomic E-state index is 0.934. The fourth-order valence-corrected chi connectivity index (χ4v) is 22.6. The zero-order chi connectivity index (χ0) is 92.7. The van der Waals surface area contributed by atoms with E-state index in [1.165, 1.54) is 196 Å². The van der Waals surface area contributed by atoms with Crippen molar-refractivity contribution in [2.24, 2.45) is 0 Å². The molecule has 0 fully saturated rings. The van der Waals surface area contributed by atoms with E-state index in [1.54, 1.807) is 0 Å². The zero-order valence-corrected chi connectivity index (χ0v) is 76.7. The first-order valence-corrected chi connectivity index (χ1v) is 48.4. The second kappa shape index (κ2) is 33.1. The van der Waals surface area contributed by atoms with Gasteiger partial charge in [-0.15, -0.1) is 0 Å². The van der Waals surface area contributed by atoms with E-state index in [1.807, 2.05) is 0 Å². The van der Waals surface area contributed by atoms with E-state index in [-0.39, 0.29) is 0 Å². The fourth-order valence-electron chi connectivity index (χ4n) is 22.6. The summed E-state index contributed by atoms with van der Waals surface area (Å²) in [5.74, 6) is 2.81. The van der Waals surface area contributed by atoms with Crippen LogP contribution < -0.4 is 0 Å². The maximum Gasteiger partial charge on any atom is 0.145 e. The minimum Gasteiger partial charge on any atom is -0.292 e. The van der Waals surface area contributed by atoms with Crippen molar-refractivity contribution in [1.29, 1.82) is 0 Å². The molecular weight excluding hydrogens is 1710 g/mol. The highest BCUT2D eigenvalue weighted by Crippen LogP contribution is 2.47. The van der Waals surface area contributed by atoms with Crippen LogP contribution in [0.5, 0.6) is 0 Å². The molecule has 0 bridgehead atoms. The van der Waals surface area contributed by atoms with Gasteiger partial charge in [0.05, 0.1) is 33.1 Å². The highest BCUT2D eigenvalue weighted by atomic mass is 15.1. The van der Waals surface area contributed by atoms with Crippen LogP contribution in [0, 0.1) is 0 Å². The van der Waals surface area contributed by atoms with Crippen molar-refractivity contribution in [3.05, 3.63) is 510 Å². The molecule has 141 heavy (non-hydrogen) atoms. The molecule has 30 rings (SSSR count). The summed E-state index contributed by atoms with van der Waals surface area (Å²) in [6, 6.07) is 184. The van der Waals surface area contributed by atoms with Crippen molar-refractivity contribution >= 4 is 162 Å². The van der Waals surface area contributed by atoms with E-state index in [2.05, 4.69) is 523 Å². The topological polar surface area (TPSA) is 53.5 Å². The van der Waals surface area contributed by atoms with Gasteiger partial charge in [0.25, 0.3) is 0 Å². The number of hydrogen-bond acceptors (Lipinski definition) is 3. The van der Waals surface area contributed by atoms with Crippen molar-refractivity contribution in [2.45, 2.75) is 0 Å². The predicted octanol–water partition coefficient (Wildman–Crippen LogP) is 36.2. The molecule has 0 radical (unpaired) electrons. The van der Waals surface area contributed by atoms with Crippen molar-refractivity contribution in [3.8, 4) is 118 Å². The molecule has 0 N–H and O–H groups in total. The second-order valence-corrected chi connectivity index (χ2v) is 37.1. The van der Waals surface area contributed by atoms with E-state index in [0.29, 0.717) is 0 Å². The van der Waals surface area contributed by atoms with Gasteiger partial charge in [-0.2, -0.15) is 0 Å². The van der Waals surface area contributed by atoms with Crippen LogP contribution in [0.2, 0.25) is 0 Å². The summed E-state index contributed by atoms with van der Waals surface area (Å²) in [4.78, 5) is 15.9. The van der Waals surface area contributed by atoms with E-state index in [4.69, 9.17) is 15.0 Å². The third-order valence-corrected chi connectivity index (χ3v) is 29.3. The van der Waals surface area contributed by atoms with Gasteiger partial charge in [-0.05, 0) is 269 Å². The Hall–Kier alpha value is -18.8. The Kier molecular flexibility index (Phi) is 18.9. The summed E-state index contributed by atoms with van der Waals surface area (Å²) in [5.41, 5.74) is 27.3. The first-order valence-electron chi connectivity index (χ1n) is 48.4. The van der Waals surface area contributed by atoms with Gasteiger partial charge >= 0.3 is 0 Å². The van der Waals surface area contributed by atoms with Gasteiger partial charge < -0.3 is 0 Å². The summed E-state index contributed by atoms with van der Waals surface area (Å²) in [6.45, 7) is 0. The standard InChI is InChI=1S/3C45H28N2/c1-2-12-36(13-3-1)47-42-27-24-35(39-25-22-33-19-18-31-10-6-11-32-23-26-40(39)44(33)43(31)32)28-41(42)46-45(47)34-20-16-30(17-21-34)38-15-7-9-29-8-4-5-14-37(29)38;1-2-9-34(10-3-1)45-46-41-28-35(38-15-7-11-29-8-4-5-14-37(29)38)22-27-42(41)47(45)36-23-18-30(19-24-36)39-25-20-33-17-16-31-12-6-13-32-21-26-40(39)44(33)43(31)32;1-2-9-34(10-3-1)45-46-41-28-35(39-25-20-33-17-16-31-12-6-13-32-21-26-40(39)44(33)43(31)32)22-27-42(41)47(45)36-23-18-30(19-24-36)38-15-7-11-29-8-4-5-14-37(29)38/h3*1-28H. The number of aromatic nitrogens is 6. The molecule has 654 valence electrons. The lowest BCUT2D eigenvalue weighted by Gasteiger charge is -2.15. The molecule has 0 aliphatic carbocycles. The number of imidazole rings is 3. The third-order valence-electron chi connectivity index (χ3n) is 29.3. The molecule has 6 nitrogen and oxygen atoms in total. The molecule has 0 atom stereocenters. The molecule has 0 aliphatic rings. The van der Waals surface area contributed by atoms with E-state index in [9.17, 15) is 0 Å². The van der Waals surface area contributed by atoms with Crippen LogP contribution in [0.1, 0.15) is 0 Å². The van der Waals surface area contributed by atoms with Crippen LogP contribution in [0.25, 0.3) is 280 Å². The average Bonchev–Trinajstić information content (AvgIpc) is 1.15. The molecule has 3 heterocycles. The third kappa shape index (κ3) is 13.6. The van der Waals surface area contributed by atoms with Crippen LogP contribution in [0.4, 0.5) is 0 Å². The van der Waals surface area contributed by atoms with Crippen LogP contribution in [-0.2, 0) is 0 Å². The SMILES string of the molecule is c1ccc(-c2nc3cc(-c4ccc5ccc6cccc7ccc4c5c67)ccc3n2-c2ccc(-c3cccc4ccccc34)cc2)cc1.c1ccc(-c2nc3cc(-c4cccc5ccccc45)ccc3n2-c2ccc(-c3ccc4ccc5cccc6ccc3c4c56)cc2)cc1.c1ccc(-n2c(-c3ccc(-c4cccc5ccccc45)cc3)nc3cc(-c4ccc5ccc6cccc7ccc4c5c67)ccc32)cc1. The summed E-state index contributed by atoms with van der Waals surface area (Å²) < 4.78 is 6.88. The van der Waals surface area contributed by atoms with Crippen LogP contribution in [-0.4, -0.2) is 28.7 Å². The number of nitrogens with zero attached hydrogens (tertiary/aromatic N) is 6. The molecule has 3 aromatic heterocycles. The number of benzene rings is 27. The Morgan fingerprint density at radius 1 is 0.128 bits per heavy atom. The highest BCUT2D eigenvalue weighted by molar-refractivity contribution is 6.29. The Morgan fingerprint density at radius 2 is 0.348 bits per heavy atom. The Morgan fingerprint density at radius 3 is 0.688 bits per heavy atom. The maximum absolute atomic E-state index is 5.32. The fraction of sp³-hybridized carbons (Fsp3) is 0. The molecule has 0 unspecified atom stereocenters. The number of rotatable bonds is 12. The van der Waals surface area contributed by atoms with Gasteiger partial charge in [0.15, 0.2) is 0 Å². The lowest BCUT2D eigenvalue weighted by atomic mass is 9.90. The van der Waals surface area contributed by atoms with Gasteiger partial charge in [0, 0.05) is 33.8 Å². The summed E-state index contributed by atoms with van der Waals surface area (Å²) >= 11 is 0. The Bertz CT molecular complexity index is 9940. The molecule has 27 aromatic carbocycles. The second-order valence-electron chi connectivity index (χ2n) is 37.1. The van der Waals surface area contributed by atoms with Gasteiger partial charge in [-0.1, -0.05) is 437 Å². The Labute approximate surface area is 812 Å². The van der Waals surface area contributed by atoms with Crippen molar-refractivity contribution in [1.82, 2.24) is 28.7 Å². The molecule has 30 aromatic rings. The summed E-state index contributed by atoms with van der Waals surface area (Å²) in [6.07, 6.45) is 0. The normalized spacial score (nSPS) is 11.8. The van der Waals surface area contributed by atoms with E-state index in [0.717, 1.165) is 84.3 Å². The first kappa shape index (κ1) is 80.7. The zero-order valence-electron chi connectivity index (χ0n) is 76.7. The van der Waals surface area contributed by atoms with Crippen molar-refractivity contribution in [3.63, 3.8) is 0 Å². The van der Waals surface area contributed by atoms with Gasteiger partial charge in [-0.25, -0.2) is 15.0 Å².